The molecule has 0 aliphatic carbocycles. The Morgan fingerprint density at radius 2 is 1.86 bits per heavy atom. The molecular weight excluding hydrogens is 325 g/mol. The number of hydrogen-bond acceptors (Lipinski definition) is 4. The molecule has 2 aromatic rings. The normalized spacial score (nSPS) is 10.7. The molecule has 0 saturated heterocycles. The lowest BCUT2D eigenvalue weighted by molar-refractivity contribution is 0.373. The summed E-state index contributed by atoms with van der Waals surface area (Å²) in [6.45, 7) is 0. The van der Waals surface area contributed by atoms with Crippen LogP contribution in [0.1, 0.15) is 17.9 Å². The van der Waals surface area contributed by atoms with E-state index in [0.717, 1.165) is 17.3 Å². The fourth-order valence-corrected chi connectivity index (χ4v) is 2.30. The highest BCUT2D eigenvalue weighted by atomic mass is 35.5. The topological polar surface area (TPSA) is 38.9 Å². The van der Waals surface area contributed by atoms with Crippen LogP contribution in [0.2, 0.25) is 5.02 Å². The standard InChI is InChI=1S/C13H10ClF3N2OS/c14-9-3-1-8(2-4-9)7-11-18-19-13(20-11)21-6-5-10(15)12(16)17/h1-4H,5-7H2. The van der Waals surface area contributed by atoms with Gasteiger partial charge in [0.25, 0.3) is 5.22 Å². The first-order chi connectivity index (χ1) is 10.0. The molecule has 1 aromatic heterocycles. The zero-order valence-electron chi connectivity index (χ0n) is 10.7. The van der Waals surface area contributed by atoms with Crippen LogP contribution in [0.5, 0.6) is 0 Å². The first kappa shape index (κ1) is 15.9. The number of allylic oxidation sites excluding steroid dienone is 1. The molecular formula is C13H10ClF3N2OS. The molecule has 21 heavy (non-hydrogen) atoms. The van der Waals surface area contributed by atoms with Crippen LogP contribution in [0.15, 0.2) is 45.8 Å². The van der Waals surface area contributed by atoms with Crippen molar-refractivity contribution in [1.29, 1.82) is 0 Å². The van der Waals surface area contributed by atoms with E-state index in [-0.39, 0.29) is 17.4 Å². The SMILES string of the molecule is FC(F)=C(F)CCSc1nnc(Cc2ccc(Cl)cc2)o1. The fraction of sp³-hybridized carbons (Fsp3) is 0.231. The number of rotatable bonds is 6. The van der Waals surface area contributed by atoms with Gasteiger partial charge in [0, 0.05) is 17.2 Å². The van der Waals surface area contributed by atoms with Crippen LogP contribution in [0.4, 0.5) is 13.2 Å². The van der Waals surface area contributed by atoms with Crippen molar-refractivity contribution in [3.05, 3.63) is 52.6 Å². The van der Waals surface area contributed by atoms with E-state index in [1.165, 1.54) is 0 Å². The average molecular weight is 335 g/mol. The maximum Gasteiger partial charge on any atom is 0.301 e. The molecule has 0 saturated carbocycles. The summed E-state index contributed by atoms with van der Waals surface area (Å²) >= 11 is 6.81. The first-order valence-corrected chi connectivity index (χ1v) is 7.30. The second-order valence-corrected chi connectivity index (χ2v) is 5.51. The second-order valence-electron chi connectivity index (χ2n) is 4.03. The monoisotopic (exact) mass is 334 g/mol. The predicted molar refractivity (Wildman–Crippen MR) is 74.2 cm³/mol. The van der Waals surface area contributed by atoms with E-state index < -0.39 is 11.9 Å². The Labute approximate surface area is 128 Å². The number of nitrogens with zero attached hydrogens (tertiary/aromatic N) is 2. The molecule has 0 spiro atoms. The van der Waals surface area contributed by atoms with Crippen molar-refractivity contribution >= 4 is 23.4 Å². The molecule has 0 amide bonds. The highest BCUT2D eigenvalue weighted by molar-refractivity contribution is 7.99. The molecule has 0 bridgehead atoms. The molecule has 1 heterocycles. The minimum atomic E-state index is -2.29. The van der Waals surface area contributed by atoms with Gasteiger partial charge < -0.3 is 4.42 Å². The maximum atomic E-state index is 12.6. The molecule has 1 aromatic carbocycles. The Kier molecular flexibility index (Phi) is 5.69. The Hall–Kier alpha value is -1.47. The van der Waals surface area contributed by atoms with E-state index in [1.807, 2.05) is 12.1 Å². The summed E-state index contributed by atoms with van der Waals surface area (Å²) < 4.78 is 41.7. The highest BCUT2D eigenvalue weighted by Gasteiger charge is 2.10. The molecule has 0 aliphatic heterocycles. The van der Waals surface area contributed by atoms with E-state index in [0.29, 0.717) is 17.3 Å². The van der Waals surface area contributed by atoms with Gasteiger partial charge in [-0.3, -0.25) is 0 Å². The summed E-state index contributed by atoms with van der Waals surface area (Å²) in [6.07, 6.45) is -2.22. The number of halogens is 4. The molecule has 0 unspecified atom stereocenters. The largest absolute Gasteiger partial charge is 0.416 e. The summed E-state index contributed by atoms with van der Waals surface area (Å²) in [7, 11) is 0. The Morgan fingerprint density at radius 3 is 2.52 bits per heavy atom. The van der Waals surface area contributed by atoms with Crippen LogP contribution in [0, 0.1) is 0 Å². The summed E-state index contributed by atoms with van der Waals surface area (Å²) in [4.78, 5) is 0. The van der Waals surface area contributed by atoms with Gasteiger partial charge >= 0.3 is 6.08 Å². The third-order valence-electron chi connectivity index (χ3n) is 2.47. The molecule has 0 fully saturated rings. The lowest BCUT2D eigenvalue weighted by Crippen LogP contribution is -1.87. The van der Waals surface area contributed by atoms with Gasteiger partial charge in [-0.1, -0.05) is 35.5 Å². The zero-order valence-corrected chi connectivity index (χ0v) is 12.2. The summed E-state index contributed by atoms with van der Waals surface area (Å²) in [5.41, 5.74) is 0.952. The van der Waals surface area contributed by atoms with E-state index in [9.17, 15) is 13.2 Å². The lowest BCUT2D eigenvalue weighted by Gasteiger charge is -1.97. The van der Waals surface area contributed by atoms with Crippen molar-refractivity contribution in [2.24, 2.45) is 0 Å². The van der Waals surface area contributed by atoms with Crippen molar-refractivity contribution < 1.29 is 17.6 Å². The minimum Gasteiger partial charge on any atom is -0.416 e. The summed E-state index contributed by atoms with van der Waals surface area (Å²) in [6, 6.07) is 7.18. The number of benzene rings is 1. The molecule has 0 radical (unpaired) electrons. The van der Waals surface area contributed by atoms with Crippen molar-refractivity contribution in [2.75, 3.05) is 5.75 Å². The molecule has 0 atom stereocenters. The van der Waals surface area contributed by atoms with Crippen LogP contribution in [-0.2, 0) is 6.42 Å². The van der Waals surface area contributed by atoms with Gasteiger partial charge in [-0.15, -0.1) is 10.2 Å². The van der Waals surface area contributed by atoms with Crippen molar-refractivity contribution in [3.63, 3.8) is 0 Å². The van der Waals surface area contributed by atoms with E-state index in [1.54, 1.807) is 12.1 Å². The quantitative estimate of drug-likeness (QED) is 0.706. The third-order valence-corrected chi connectivity index (χ3v) is 3.54. The van der Waals surface area contributed by atoms with Crippen molar-refractivity contribution in [2.45, 2.75) is 18.1 Å². The van der Waals surface area contributed by atoms with Gasteiger partial charge in [-0.05, 0) is 17.7 Å². The van der Waals surface area contributed by atoms with Gasteiger partial charge in [-0.2, -0.15) is 8.78 Å². The van der Waals surface area contributed by atoms with Crippen molar-refractivity contribution in [3.8, 4) is 0 Å². The van der Waals surface area contributed by atoms with Crippen LogP contribution in [0.25, 0.3) is 0 Å². The smallest absolute Gasteiger partial charge is 0.301 e. The zero-order chi connectivity index (χ0) is 15.2. The molecule has 8 heteroatoms. The lowest BCUT2D eigenvalue weighted by atomic mass is 10.1. The van der Waals surface area contributed by atoms with E-state index in [4.69, 9.17) is 16.0 Å². The van der Waals surface area contributed by atoms with Gasteiger partial charge in [0.2, 0.25) is 5.89 Å². The van der Waals surface area contributed by atoms with Gasteiger partial charge in [0.05, 0.1) is 6.42 Å². The third kappa shape index (κ3) is 5.09. The Balaban J connectivity index is 1.87. The molecule has 0 aliphatic rings. The van der Waals surface area contributed by atoms with E-state index >= 15 is 0 Å². The Bertz CT molecular complexity index is 627. The van der Waals surface area contributed by atoms with Crippen molar-refractivity contribution in [1.82, 2.24) is 10.2 Å². The minimum absolute atomic E-state index is 0.103. The van der Waals surface area contributed by atoms with Gasteiger partial charge in [0.15, 0.2) is 5.83 Å². The first-order valence-electron chi connectivity index (χ1n) is 5.94. The van der Waals surface area contributed by atoms with Crippen LogP contribution < -0.4 is 0 Å². The van der Waals surface area contributed by atoms with Crippen LogP contribution >= 0.6 is 23.4 Å². The number of aromatic nitrogens is 2. The number of hydrogen-bond donors (Lipinski definition) is 0. The van der Waals surface area contributed by atoms with E-state index in [2.05, 4.69) is 10.2 Å². The molecule has 2 rings (SSSR count). The predicted octanol–water partition coefficient (Wildman–Crippen LogP) is 4.87. The van der Waals surface area contributed by atoms with Crippen LogP contribution in [0.3, 0.4) is 0 Å². The summed E-state index contributed by atoms with van der Waals surface area (Å²) in [5.74, 6) is -0.915. The molecule has 3 nitrogen and oxygen atoms in total. The fourth-order valence-electron chi connectivity index (χ4n) is 1.47. The summed E-state index contributed by atoms with van der Waals surface area (Å²) in [5, 5.41) is 8.47. The average Bonchev–Trinajstić information content (AvgIpc) is 2.89. The Morgan fingerprint density at radius 1 is 1.14 bits per heavy atom. The maximum absolute atomic E-state index is 12.6. The molecule has 0 N–H and O–H groups in total. The number of thioether (sulfide) groups is 1. The van der Waals surface area contributed by atoms with Gasteiger partial charge in [-0.25, -0.2) is 4.39 Å². The second kappa shape index (κ2) is 7.51. The van der Waals surface area contributed by atoms with Crippen LogP contribution in [-0.4, -0.2) is 16.0 Å². The molecule has 112 valence electrons. The highest BCUT2D eigenvalue weighted by Crippen LogP contribution is 2.22. The van der Waals surface area contributed by atoms with Gasteiger partial charge in [0.1, 0.15) is 0 Å².